The average Bonchev–Trinajstić information content (AvgIpc) is 3.44. The fourth-order valence-electron chi connectivity index (χ4n) is 4.42. The molecule has 170 valence electrons. The number of fused-ring (bicyclic) bond motifs is 3. The van der Waals surface area contributed by atoms with Crippen molar-refractivity contribution in [3.8, 4) is 5.82 Å². The number of carbonyl (C=O) groups is 1. The largest absolute Gasteiger partial charge is 0.420 e. The fraction of sp³-hybridized carbons (Fsp3) is 0.333. The van der Waals surface area contributed by atoms with Gasteiger partial charge in [-0.1, -0.05) is 13.8 Å². The molecule has 1 amide bonds. The van der Waals surface area contributed by atoms with E-state index >= 15 is 0 Å². The number of aryl methyl sites for hydroxylation is 1. The summed E-state index contributed by atoms with van der Waals surface area (Å²) < 4.78 is 42.7. The quantitative estimate of drug-likeness (QED) is 0.507. The first-order valence-electron chi connectivity index (χ1n) is 10.1. The van der Waals surface area contributed by atoms with Gasteiger partial charge in [0.05, 0.1) is 48.3 Å². The average molecular weight is 456 g/mol. The highest BCUT2D eigenvalue weighted by atomic mass is 19.4. The predicted molar refractivity (Wildman–Crippen MR) is 111 cm³/mol. The minimum Gasteiger partial charge on any atom is -0.324 e. The third-order valence-corrected chi connectivity index (χ3v) is 5.77. The van der Waals surface area contributed by atoms with Gasteiger partial charge in [0, 0.05) is 5.56 Å². The van der Waals surface area contributed by atoms with Gasteiger partial charge in [-0.3, -0.25) is 4.79 Å². The van der Waals surface area contributed by atoms with Crippen LogP contribution >= 0.6 is 0 Å². The van der Waals surface area contributed by atoms with Crippen molar-refractivity contribution in [3.05, 3.63) is 59.4 Å². The van der Waals surface area contributed by atoms with E-state index in [9.17, 15) is 18.0 Å². The highest BCUT2D eigenvalue weighted by molar-refractivity contribution is 5.97. The number of amides is 1. The second kappa shape index (κ2) is 7.09. The lowest BCUT2D eigenvalue weighted by molar-refractivity contribution is -0.137. The van der Waals surface area contributed by atoms with Crippen LogP contribution in [0.4, 0.5) is 18.9 Å². The van der Waals surface area contributed by atoms with E-state index in [2.05, 4.69) is 30.6 Å². The molecule has 4 heterocycles. The van der Waals surface area contributed by atoms with Crippen LogP contribution in [0, 0.1) is 6.92 Å². The number of hydrogen-bond donors (Lipinski definition) is 1. The molecule has 0 saturated carbocycles. The third kappa shape index (κ3) is 3.51. The molecule has 5 rings (SSSR count). The first kappa shape index (κ1) is 21.0. The molecule has 1 N–H and O–H groups in total. The van der Waals surface area contributed by atoms with Gasteiger partial charge >= 0.3 is 6.18 Å². The maximum absolute atomic E-state index is 13.7. The number of imidazole rings is 1. The number of nitrogens with one attached hydrogen (secondary N) is 1. The molecule has 4 aromatic heterocycles. The van der Waals surface area contributed by atoms with E-state index in [1.54, 1.807) is 16.9 Å². The molecule has 0 aromatic carbocycles. The normalized spacial score (nSPS) is 17.3. The maximum atomic E-state index is 13.7. The molecule has 1 aliphatic carbocycles. The van der Waals surface area contributed by atoms with E-state index in [0.29, 0.717) is 12.1 Å². The Morgan fingerprint density at radius 1 is 1.18 bits per heavy atom. The number of alkyl halides is 3. The van der Waals surface area contributed by atoms with Crippen LogP contribution in [-0.4, -0.2) is 40.5 Å². The smallest absolute Gasteiger partial charge is 0.324 e. The Balaban J connectivity index is 1.49. The van der Waals surface area contributed by atoms with Crippen LogP contribution in [-0.2, 0) is 16.4 Å². The Labute approximate surface area is 185 Å². The molecule has 0 fully saturated rings. The van der Waals surface area contributed by atoms with Crippen LogP contribution in [0.1, 0.15) is 48.6 Å². The zero-order valence-corrected chi connectivity index (χ0v) is 17.9. The lowest BCUT2D eigenvalue weighted by Crippen LogP contribution is -2.22. The molecule has 0 bridgehead atoms. The molecular weight excluding hydrogens is 437 g/mol. The standard InChI is InChI=1S/C21H19F3N8O/c1-11-10-31-18(29-11)16-14(9-28-31)13(7-20(16,2)3)19(33)30-12-6-15(21(22,23)24)17(25-8-12)32-26-4-5-27-32/h4-6,8-10,13H,7H2,1-3H3,(H,30,33). The molecule has 0 saturated heterocycles. The fourth-order valence-corrected chi connectivity index (χ4v) is 4.42. The third-order valence-electron chi connectivity index (χ3n) is 5.77. The summed E-state index contributed by atoms with van der Waals surface area (Å²) in [6, 6.07) is 0.837. The zero-order valence-electron chi connectivity index (χ0n) is 17.9. The van der Waals surface area contributed by atoms with E-state index in [4.69, 9.17) is 0 Å². The molecule has 9 nitrogen and oxygen atoms in total. The molecule has 0 aliphatic heterocycles. The van der Waals surface area contributed by atoms with Gasteiger partial charge in [-0.15, -0.1) is 4.80 Å². The lowest BCUT2D eigenvalue weighted by Gasteiger charge is -2.19. The van der Waals surface area contributed by atoms with E-state index in [-0.39, 0.29) is 11.1 Å². The van der Waals surface area contributed by atoms with Crippen molar-refractivity contribution in [1.29, 1.82) is 0 Å². The summed E-state index contributed by atoms with van der Waals surface area (Å²) in [5.74, 6) is -1.50. The second-order valence-electron chi connectivity index (χ2n) is 8.67. The summed E-state index contributed by atoms with van der Waals surface area (Å²) >= 11 is 0. The minimum absolute atomic E-state index is 0.0693. The van der Waals surface area contributed by atoms with Crippen molar-refractivity contribution in [2.24, 2.45) is 0 Å². The second-order valence-corrected chi connectivity index (χ2v) is 8.67. The van der Waals surface area contributed by atoms with Crippen molar-refractivity contribution < 1.29 is 18.0 Å². The Bertz CT molecular complexity index is 1370. The number of pyridine rings is 1. The predicted octanol–water partition coefficient (Wildman–Crippen LogP) is 3.44. The van der Waals surface area contributed by atoms with Gasteiger partial charge in [0.15, 0.2) is 11.5 Å². The number of rotatable bonds is 3. The van der Waals surface area contributed by atoms with Gasteiger partial charge in [0.25, 0.3) is 0 Å². The molecule has 33 heavy (non-hydrogen) atoms. The van der Waals surface area contributed by atoms with Crippen LogP contribution in [0.2, 0.25) is 0 Å². The van der Waals surface area contributed by atoms with Crippen LogP contribution in [0.15, 0.2) is 37.1 Å². The molecule has 4 aromatic rings. The number of hydrogen-bond acceptors (Lipinski definition) is 6. The van der Waals surface area contributed by atoms with Crippen molar-refractivity contribution in [1.82, 2.24) is 34.6 Å². The Morgan fingerprint density at radius 2 is 1.91 bits per heavy atom. The van der Waals surface area contributed by atoms with Crippen molar-refractivity contribution in [2.75, 3.05) is 5.32 Å². The number of aromatic nitrogens is 7. The number of halogens is 3. The number of carbonyl (C=O) groups excluding carboxylic acids is 1. The monoisotopic (exact) mass is 456 g/mol. The van der Waals surface area contributed by atoms with Gasteiger partial charge < -0.3 is 5.32 Å². The van der Waals surface area contributed by atoms with Crippen LogP contribution < -0.4 is 5.32 Å². The lowest BCUT2D eigenvalue weighted by atomic mass is 9.86. The van der Waals surface area contributed by atoms with E-state index < -0.39 is 29.4 Å². The SMILES string of the molecule is Cc1cn2ncc3c(c2n1)C(C)(C)CC3C(=O)Nc1cnc(-n2nccn2)c(C(F)(F)F)c1. The van der Waals surface area contributed by atoms with Gasteiger partial charge in [0.1, 0.15) is 5.56 Å². The topological polar surface area (TPSA) is 103 Å². The summed E-state index contributed by atoms with van der Waals surface area (Å²) in [6.45, 7) is 5.89. The molecule has 1 unspecified atom stereocenters. The van der Waals surface area contributed by atoms with Crippen molar-refractivity contribution in [3.63, 3.8) is 0 Å². The first-order chi connectivity index (χ1) is 15.5. The summed E-state index contributed by atoms with van der Waals surface area (Å²) in [5.41, 5.74) is 1.63. The number of nitrogens with zero attached hydrogens (tertiary/aromatic N) is 7. The Morgan fingerprint density at radius 3 is 2.61 bits per heavy atom. The van der Waals surface area contributed by atoms with Gasteiger partial charge in [-0.25, -0.2) is 14.5 Å². The maximum Gasteiger partial charge on any atom is 0.420 e. The van der Waals surface area contributed by atoms with Crippen molar-refractivity contribution >= 4 is 17.2 Å². The summed E-state index contributed by atoms with van der Waals surface area (Å²) in [4.78, 5) is 22.4. The number of anilines is 1. The molecule has 1 aliphatic rings. The molecule has 0 spiro atoms. The Kier molecular flexibility index (Phi) is 4.52. The van der Waals surface area contributed by atoms with Crippen LogP contribution in [0.5, 0.6) is 0 Å². The van der Waals surface area contributed by atoms with Gasteiger partial charge in [-0.05, 0) is 30.4 Å². The van der Waals surface area contributed by atoms with E-state index in [1.165, 1.54) is 12.4 Å². The van der Waals surface area contributed by atoms with Crippen LogP contribution in [0.3, 0.4) is 0 Å². The molecular formula is C21H19F3N8O. The van der Waals surface area contributed by atoms with Gasteiger partial charge in [-0.2, -0.15) is 28.5 Å². The van der Waals surface area contributed by atoms with Crippen molar-refractivity contribution in [2.45, 2.75) is 44.7 Å². The summed E-state index contributed by atoms with van der Waals surface area (Å²) in [5, 5.41) is 14.4. The highest BCUT2D eigenvalue weighted by Crippen LogP contribution is 2.47. The van der Waals surface area contributed by atoms with E-state index in [1.807, 2.05) is 20.8 Å². The minimum atomic E-state index is -4.72. The zero-order chi connectivity index (χ0) is 23.5. The van der Waals surface area contributed by atoms with E-state index in [0.717, 1.165) is 33.9 Å². The Hall–Kier alpha value is -3.83. The highest BCUT2D eigenvalue weighted by Gasteiger charge is 2.43. The van der Waals surface area contributed by atoms with Gasteiger partial charge in [0.2, 0.25) is 5.91 Å². The first-order valence-corrected chi connectivity index (χ1v) is 10.1. The summed E-state index contributed by atoms with van der Waals surface area (Å²) in [6.07, 6.45) is 2.86. The molecule has 12 heteroatoms. The molecule has 1 atom stereocenters. The molecule has 0 radical (unpaired) electrons. The summed E-state index contributed by atoms with van der Waals surface area (Å²) in [7, 11) is 0. The van der Waals surface area contributed by atoms with Crippen LogP contribution in [0.25, 0.3) is 11.5 Å².